The number of hydrogen-bond acceptors (Lipinski definition) is 3. The third kappa shape index (κ3) is 1.97. The van der Waals surface area contributed by atoms with Gasteiger partial charge in [0.25, 0.3) is 5.91 Å². The van der Waals surface area contributed by atoms with Crippen molar-refractivity contribution in [1.29, 1.82) is 0 Å². The molecule has 1 saturated carbocycles. The minimum Gasteiger partial charge on any atom is -0.381 e. The summed E-state index contributed by atoms with van der Waals surface area (Å²) in [6.45, 7) is 2.01. The molecule has 22 heavy (non-hydrogen) atoms. The summed E-state index contributed by atoms with van der Waals surface area (Å²) in [5.74, 6) is 0.220. The van der Waals surface area contributed by atoms with E-state index in [0.717, 1.165) is 18.4 Å². The smallest absolute Gasteiger partial charge is 0.270 e. The van der Waals surface area contributed by atoms with Crippen molar-refractivity contribution in [3.8, 4) is 0 Å². The van der Waals surface area contributed by atoms with Crippen molar-refractivity contribution in [2.45, 2.75) is 25.2 Å². The number of amides is 2. The zero-order valence-electron chi connectivity index (χ0n) is 12.5. The van der Waals surface area contributed by atoms with E-state index in [1.165, 1.54) is 0 Å². The molecule has 3 N–H and O–H groups in total. The number of rotatable bonds is 3. The van der Waals surface area contributed by atoms with Crippen molar-refractivity contribution in [2.75, 3.05) is 26.3 Å². The Kier molecular flexibility index (Phi) is 3.04. The molecule has 1 aromatic heterocycles. The quantitative estimate of drug-likeness (QED) is 0.868. The van der Waals surface area contributed by atoms with Gasteiger partial charge >= 0.3 is 0 Å². The second-order valence-corrected chi connectivity index (χ2v) is 6.81. The van der Waals surface area contributed by atoms with Crippen LogP contribution in [0.3, 0.4) is 0 Å². The number of nitrogens with one attached hydrogen (secondary N) is 1. The Bertz CT molecular complexity index is 622. The third-order valence-corrected chi connectivity index (χ3v) is 5.50. The average Bonchev–Trinajstić information content (AvgIpc) is 3.11. The number of carbonyl (C=O) groups excluding carboxylic acids is 2. The summed E-state index contributed by atoms with van der Waals surface area (Å²) in [4.78, 5) is 29.8. The van der Waals surface area contributed by atoms with E-state index in [-0.39, 0.29) is 17.7 Å². The molecule has 2 atom stereocenters. The van der Waals surface area contributed by atoms with Gasteiger partial charge in [0, 0.05) is 31.8 Å². The highest BCUT2D eigenvalue weighted by atomic mass is 16.5. The first kappa shape index (κ1) is 13.8. The Balaban J connectivity index is 1.60. The van der Waals surface area contributed by atoms with Crippen molar-refractivity contribution in [1.82, 2.24) is 9.88 Å². The van der Waals surface area contributed by atoms with Crippen LogP contribution in [0.5, 0.6) is 0 Å². The molecule has 3 heterocycles. The molecular weight excluding hydrogens is 282 g/mol. The highest BCUT2D eigenvalue weighted by Gasteiger charge is 2.54. The monoisotopic (exact) mass is 303 g/mol. The molecule has 118 valence electrons. The molecule has 2 amide bonds. The SMILES string of the molecule is NC(=O)[C@]12CCOC[C@H]1CN(C(=O)c1[nH]ccc1C1CC1)C2. The van der Waals surface area contributed by atoms with Crippen LogP contribution in [0.25, 0.3) is 0 Å². The molecule has 1 aromatic rings. The molecule has 2 saturated heterocycles. The number of nitrogens with two attached hydrogens (primary N) is 1. The lowest BCUT2D eigenvalue weighted by Gasteiger charge is -2.34. The number of primary amides is 1. The lowest BCUT2D eigenvalue weighted by molar-refractivity contribution is -0.135. The third-order valence-electron chi connectivity index (χ3n) is 5.50. The molecule has 3 aliphatic rings. The summed E-state index contributed by atoms with van der Waals surface area (Å²) >= 11 is 0. The van der Waals surface area contributed by atoms with E-state index in [2.05, 4.69) is 4.98 Å². The largest absolute Gasteiger partial charge is 0.381 e. The van der Waals surface area contributed by atoms with Gasteiger partial charge in [-0.3, -0.25) is 9.59 Å². The topological polar surface area (TPSA) is 88.4 Å². The number of hydrogen-bond donors (Lipinski definition) is 2. The lowest BCUT2D eigenvalue weighted by Crippen LogP contribution is -2.48. The molecule has 0 aromatic carbocycles. The van der Waals surface area contributed by atoms with Crippen molar-refractivity contribution in [2.24, 2.45) is 17.1 Å². The molecule has 3 fully saturated rings. The van der Waals surface area contributed by atoms with Gasteiger partial charge in [0.15, 0.2) is 0 Å². The van der Waals surface area contributed by atoms with Crippen LogP contribution in [0.15, 0.2) is 12.3 Å². The number of ether oxygens (including phenoxy) is 1. The molecule has 0 bridgehead atoms. The Morgan fingerprint density at radius 3 is 2.91 bits per heavy atom. The second kappa shape index (κ2) is 4.84. The fourth-order valence-electron chi connectivity index (χ4n) is 3.97. The van der Waals surface area contributed by atoms with E-state index in [9.17, 15) is 9.59 Å². The highest BCUT2D eigenvalue weighted by molar-refractivity contribution is 5.95. The van der Waals surface area contributed by atoms with Gasteiger partial charge in [-0.1, -0.05) is 0 Å². The second-order valence-electron chi connectivity index (χ2n) is 6.81. The minimum absolute atomic E-state index is 0.0121. The van der Waals surface area contributed by atoms with Gasteiger partial charge < -0.3 is 20.4 Å². The normalized spacial score (nSPS) is 31.1. The Morgan fingerprint density at radius 2 is 2.23 bits per heavy atom. The lowest BCUT2D eigenvalue weighted by atomic mass is 9.74. The van der Waals surface area contributed by atoms with Crippen LogP contribution in [-0.2, 0) is 9.53 Å². The van der Waals surface area contributed by atoms with E-state index in [1.54, 1.807) is 4.90 Å². The molecule has 0 unspecified atom stereocenters. The first-order valence-corrected chi connectivity index (χ1v) is 7.96. The molecule has 0 radical (unpaired) electrons. The maximum Gasteiger partial charge on any atom is 0.270 e. The number of nitrogens with zero attached hydrogens (tertiary/aromatic N) is 1. The van der Waals surface area contributed by atoms with E-state index in [4.69, 9.17) is 10.5 Å². The van der Waals surface area contributed by atoms with Crippen LogP contribution < -0.4 is 5.73 Å². The van der Waals surface area contributed by atoms with Gasteiger partial charge in [0.1, 0.15) is 5.69 Å². The van der Waals surface area contributed by atoms with Crippen LogP contribution in [-0.4, -0.2) is 48.0 Å². The summed E-state index contributed by atoms with van der Waals surface area (Å²) < 4.78 is 5.50. The molecule has 1 aliphatic carbocycles. The zero-order chi connectivity index (χ0) is 15.3. The molecule has 6 heteroatoms. The number of aromatic nitrogens is 1. The molecule has 2 aliphatic heterocycles. The fourth-order valence-corrected chi connectivity index (χ4v) is 3.97. The van der Waals surface area contributed by atoms with E-state index >= 15 is 0 Å². The van der Waals surface area contributed by atoms with Crippen LogP contribution >= 0.6 is 0 Å². The van der Waals surface area contributed by atoms with Crippen molar-refractivity contribution in [3.63, 3.8) is 0 Å². The van der Waals surface area contributed by atoms with Crippen LogP contribution in [0, 0.1) is 11.3 Å². The Hall–Kier alpha value is -1.82. The summed E-state index contributed by atoms with van der Waals surface area (Å²) in [6.07, 6.45) is 4.74. The Morgan fingerprint density at radius 1 is 1.41 bits per heavy atom. The molecule has 6 nitrogen and oxygen atoms in total. The summed E-state index contributed by atoms with van der Waals surface area (Å²) in [7, 11) is 0. The van der Waals surface area contributed by atoms with E-state index in [0.29, 0.717) is 44.3 Å². The highest BCUT2D eigenvalue weighted by Crippen LogP contribution is 2.44. The number of fused-ring (bicyclic) bond motifs is 1. The molecular formula is C16H21N3O3. The van der Waals surface area contributed by atoms with E-state index < -0.39 is 5.41 Å². The van der Waals surface area contributed by atoms with Crippen LogP contribution in [0.4, 0.5) is 0 Å². The van der Waals surface area contributed by atoms with Crippen LogP contribution in [0.2, 0.25) is 0 Å². The predicted molar refractivity (Wildman–Crippen MR) is 79.2 cm³/mol. The van der Waals surface area contributed by atoms with Gasteiger partial charge in [-0.2, -0.15) is 0 Å². The summed E-state index contributed by atoms with van der Waals surface area (Å²) in [5, 5.41) is 0. The molecule has 4 rings (SSSR count). The first-order valence-electron chi connectivity index (χ1n) is 7.96. The molecule has 0 spiro atoms. The van der Waals surface area contributed by atoms with E-state index in [1.807, 2.05) is 12.3 Å². The first-order chi connectivity index (χ1) is 10.6. The van der Waals surface area contributed by atoms with Crippen LogP contribution in [0.1, 0.15) is 41.2 Å². The number of carbonyl (C=O) groups is 2. The van der Waals surface area contributed by atoms with Crippen molar-refractivity contribution < 1.29 is 14.3 Å². The van der Waals surface area contributed by atoms with Gasteiger partial charge in [0.2, 0.25) is 5.91 Å². The Labute approximate surface area is 129 Å². The fraction of sp³-hybridized carbons (Fsp3) is 0.625. The summed E-state index contributed by atoms with van der Waals surface area (Å²) in [6, 6.07) is 2.00. The number of likely N-dealkylation sites (tertiary alicyclic amines) is 1. The number of H-pyrrole nitrogens is 1. The van der Waals surface area contributed by atoms with Gasteiger partial charge in [-0.25, -0.2) is 0 Å². The van der Waals surface area contributed by atoms with Gasteiger partial charge in [-0.05, 0) is 36.8 Å². The average molecular weight is 303 g/mol. The minimum atomic E-state index is -0.611. The number of aromatic amines is 1. The van der Waals surface area contributed by atoms with Crippen molar-refractivity contribution >= 4 is 11.8 Å². The standard InChI is InChI=1S/C16H21N3O3/c17-15(21)16-4-6-22-8-11(16)7-19(9-16)14(20)13-12(3-5-18-13)10-1-2-10/h3,5,10-11,18H,1-2,4,6-9H2,(H2,17,21)/t11-,16+/m1/s1. The zero-order valence-corrected chi connectivity index (χ0v) is 12.5. The maximum atomic E-state index is 12.9. The van der Waals surface area contributed by atoms with Gasteiger partial charge in [-0.15, -0.1) is 0 Å². The van der Waals surface area contributed by atoms with Crippen molar-refractivity contribution in [3.05, 3.63) is 23.5 Å². The predicted octanol–water partition coefficient (Wildman–Crippen LogP) is 0.856. The maximum absolute atomic E-state index is 12.9. The summed E-state index contributed by atoms with van der Waals surface area (Å²) in [5.41, 5.74) is 6.86. The van der Waals surface area contributed by atoms with Gasteiger partial charge in [0.05, 0.1) is 12.0 Å².